The number of carbonyl (C=O) groups excluding carboxylic acids is 1. The van der Waals surface area contributed by atoms with Crippen molar-refractivity contribution in [3.8, 4) is 0 Å². The molecule has 0 radical (unpaired) electrons. The van der Waals surface area contributed by atoms with E-state index in [9.17, 15) is 4.79 Å². The van der Waals surface area contributed by atoms with Gasteiger partial charge in [0.2, 0.25) is 0 Å². The van der Waals surface area contributed by atoms with Crippen LogP contribution in [0.4, 0.5) is 0 Å². The lowest BCUT2D eigenvalue weighted by Crippen LogP contribution is -2.38. The summed E-state index contributed by atoms with van der Waals surface area (Å²) in [5, 5.41) is 3.14. The molecule has 0 aliphatic heterocycles. The molecule has 2 unspecified atom stereocenters. The van der Waals surface area contributed by atoms with Crippen molar-refractivity contribution in [1.82, 2.24) is 5.32 Å². The maximum atomic E-state index is 10.8. The molecular formula is C7H15NOS. The number of nitrogens with one attached hydrogen (secondary N) is 1. The molecule has 0 aromatic rings. The highest BCUT2D eigenvalue weighted by Gasteiger charge is 2.11. The number of Topliss-reactive ketones (excluding diaryl/α,β-unsaturated/α-hetero) is 1. The van der Waals surface area contributed by atoms with E-state index in [4.69, 9.17) is 0 Å². The summed E-state index contributed by atoms with van der Waals surface area (Å²) in [6.07, 6.45) is 0.834. The summed E-state index contributed by atoms with van der Waals surface area (Å²) >= 11 is 4.12. The molecule has 60 valence electrons. The summed E-state index contributed by atoms with van der Waals surface area (Å²) in [6, 6.07) is -0.0208. The van der Waals surface area contributed by atoms with Crippen LogP contribution in [0.3, 0.4) is 0 Å². The smallest absolute Gasteiger partial charge is 0.146 e. The van der Waals surface area contributed by atoms with Gasteiger partial charge in [-0.25, -0.2) is 0 Å². The standard InChI is InChI=1S/C7H15NOS/c1-4-7(5(2)9)8-6(3)10/h6-8,10H,4H2,1-3H3. The topological polar surface area (TPSA) is 29.1 Å². The van der Waals surface area contributed by atoms with Gasteiger partial charge in [0.1, 0.15) is 5.78 Å². The van der Waals surface area contributed by atoms with E-state index in [0.717, 1.165) is 6.42 Å². The first-order chi connectivity index (χ1) is 4.57. The van der Waals surface area contributed by atoms with Gasteiger partial charge in [0, 0.05) is 5.37 Å². The predicted octanol–water partition coefficient (Wildman–Crippen LogP) is 1.22. The van der Waals surface area contributed by atoms with Gasteiger partial charge in [-0.1, -0.05) is 6.92 Å². The molecule has 0 bridgehead atoms. The van der Waals surface area contributed by atoms with Gasteiger partial charge in [-0.3, -0.25) is 10.1 Å². The highest BCUT2D eigenvalue weighted by molar-refractivity contribution is 7.80. The lowest BCUT2D eigenvalue weighted by Gasteiger charge is -2.15. The van der Waals surface area contributed by atoms with Crippen molar-refractivity contribution in [3.63, 3.8) is 0 Å². The number of thiol groups is 1. The van der Waals surface area contributed by atoms with E-state index >= 15 is 0 Å². The third-order valence-electron chi connectivity index (χ3n) is 1.34. The van der Waals surface area contributed by atoms with Gasteiger partial charge in [0.05, 0.1) is 6.04 Å². The van der Waals surface area contributed by atoms with Gasteiger partial charge < -0.3 is 0 Å². The lowest BCUT2D eigenvalue weighted by molar-refractivity contribution is -0.119. The number of hydrogen-bond acceptors (Lipinski definition) is 3. The quantitative estimate of drug-likeness (QED) is 0.479. The van der Waals surface area contributed by atoms with Gasteiger partial charge in [-0.05, 0) is 20.3 Å². The molecule has 10 heavy (non-hydrogen) atoms. The summed E-state index contributed by atoms with van der Waals surface area (Å²) in [5.74, 6) is 0.184. The van der Waals surface area contributed by atoms with Crippen LogP contribution >= 0.6 is 12.6 Å². The van der Waals surface area contributed by atoms with Gasteiger partial charge >= 0.3 is 0 Å². The molecular weight excluding hydrogens is 146 g/mol. The monoisotopic (exact) mass is 161 g/mol. The van der Waals surface area contributed by atoms with Crippen LogP contribution in [0.15, 0.2) is 0 Å². The second-order valence-electron chi connectivity index (χ2n) is 2.41. The fraction of sp³-hybridized carbons (Fsp3) is 0.857. The van der Waals surface area contributed by atoms with E-state index in [1.54, 1.807) is 6.92 Å². The Balaban J connectivity index is 3.72. The second-order valence-corrected chi connectivity index (χ2v) is 3.19. The van der Waals surface area contributed by atoms with E-state index in [1.807, 2.05) is 13.8 Å². The third-order valence-corrected chi connectivity index (χ3v) is 1.49. The van der Waals surface area contributed by atoms with Crippen molar-refractivity contribution in [3.05, 3.63) is 0 Å². The van der Waals surface area contributed by atoms with Crippen LogP contribution in [0.1, 0.15) is 27.2 Å². The Morgan fingerprint density at radius 1 is 1.70 bits per heavy atom. The Morgan fingerprint density at radius 3 is 2.30 bits per heavy atom. The van der Waals surface area contributed by atoms with Crippen molar-refractivity contribution >= 4 is 18.4 Å². The van der Waals surface area contributed by atoms with E-state index in [0.29, 0.717) is 0 Å². The maximum Gasteiger partial charge on any atom is 0.146 e. The van der Waals surface area contributed by atoms with Crippen molar-refractivity contribution in [1.29, 1.82) is 0 Å². The first-order valence-corrected chi connectivity index (χ1v) is 4.04. The molecule has 0 fully saturated rings. The lowest BCUT2D eigenvalue weighted by atomic mass is 10.1. The Kier molecular flexibility index (Phi) is 4.73. The summed E-state index contributed by atoms with van der Waals surface area (Å²) in [6.45, 7) is 5.49. The summed E-state index contributed by atoms with van der Waals surface area (Å²) in [7, 11) is 0. The van der Waals surface area contributed by atoms with Crippen molar-refractivity contribution in [2.45, 2.75) is 38.6 Å². The number of hydrogen-bond donors (Lipinski definition) is 2. The number of ketones is 1. The van der Waals surface area contributed by atoms with Gasteiger partial charge in [-0.2, -0.15) is 12.6 Å². The van der Waals surface area contributed by atoms with Gasteiger partial charge in [0.25, 0.3) is 0 Å². The highest BCUT2D eigenvalue weighted by atomic mass is 32.1. The normalized spacial score (nSPS) is 16.4. The van der Waals surface area contributed by atoms with Crippen molar-refractivity contribution in [2.75, 3.05) is 0 Å². The molecule has 0 saturated heterocycles. The molecule has 0 aromatic carbocycles. The predicted molar refractivity (Wildman–Crippen MR) is 46.3 cm³/mol. The van der Waals surface area contributed by atoms with Crippen LogP contribution in [-0.2, 0) is 4.79 Å². The van der Waals surface area contributed by atoms with Crippen LogP contribution < -0.4 is 5.32 Å². The average Bonchev–Trinajstić information content (AvgIpc) is 1.81. The van der Waals surface area contributed by atoms with Crippen molar-refractivity contribution < 1.29 is 4.79 Å². The SMILES string of the molecule is CCC(NC(C)S)C(C)=O. The zero-order chi connectivity index (χ0) is 8.15. The molecule has 2 atom stereocenters. The largest absolute Gasteiger partial charge is 0.298 e. The van der Waals surface area contributed by atoms with Crippen LogP contribution in [0.5, 0.6) is 0 Å². The number of carbonyl (C=O) groups is 1. The molecule has 1 N–H and O–H groups in total. The molecule has 0 rings (SSSR count). The van der Waals surface area contributed by atoms with Gasteiger partial charge in [0.15, 0.2) is 0 Å². The minimum Gasteiger partial charge on any atom is -0.298 e. The Bertz CT molecular complexity index is 114. The van der Waals surface area contributed by atoms with Crippen LogP contribution in [0.2, 0.25) is 0 Å². The Hall–Kier alpha value is -0.0200. The number of rotatable bonds is 4. The fourth-order valence-electron chi connectivity index (χ4n) is 0.814. The third kappa shape index (κ3) is 3.90. The second kappa shape index (κ2) is 4.74. The zero-order valence-electron chi connectivity index (χ0n) is 6.72. The maximum absolute atomic E-state index is 10.8. The molecule has 0 heterocycles. The van der Waals surface area contributed by atoms with E-state index in [-0.39, 0.29) is 17.2 Å². The molecule has 0 saturated carbocycles. The molecule has 2 nitrogen and oxygen atoms in total. The zero-order valence-corrected chi connectivity index (χ0v) is 7.61. The first kappa shape index (κ1) is 9.98. The Labute approximate surface area is 67.8 Å². The van der Waals surface area contributed by atoms with Crippen molar-refractivity contribution in [2.24, 2.45) is 0 Å². The molecule has 0 aliphatic rings. The summed E-state index contributed by atoms with van der Waals surface area (Å²) in [4.78, 5) is 10.8. The fourth-order valence-corrected chi connectivity index (χ4v) is 0.994. The molecule has 0 aromatic heterocycles. The van der Waals surface area contributed by atoms with Crippen LogP contribution in [0.25, 0.3) is 0 Å². The average molecular weight is 161 g/mol. The molecule has 0 amide bonds. The van der Waals surface area contributed by atoms with E-state index < -0.39 is 0 Å². The molecule has 0 aliphatic carbocycles. The minimum absolute atomic E-state index is 0.0208. The summed E-state index contributed by atoms with van der Waals surface area (Å²) in [5.41, 5.74) is 0. The molecule has 3 heteroatoms. The summed E-state index contributed by atoms with van der Waals surface area (Å²) < 4.78 is 0. The molecule has 0 spiro atoms. The van der Waals surface area contributed by atoms with E-state index in [1.165, 1.54) is 0 Å². The highest BCUT2D eigenvalue weighted by Crippen LogP contribution is 1.96. The van der Waals surface area contributed by atoms with Gasteiger partial charge in [-0.15, -0.1) is 0 Å². The first-order valence-electron chi connectivity index (χ1n) is 3.52. The van der Waals surface area contributed by atoms with Crippen LogP contribution in [-0.4, -0.2) is 17.2 Å². The Morgan fingerprint density at radius 2 is 2.20 bits per heavy atom. The van der Waals surface area contributed by atoms with Crippen LogP contribution in [0, 0.1) is 0 Å². The minimum atomic E-state index is -0.0208. The van der Waals surface area contributed by atoms with E-state index in [2.05, 4.69) is 17.9 Å².